The van der Waals surface area contributed by atoms with Crippen LogP contribution in [0, 0.1) is 5.41 Å². The maximum atomic E-state index is 11.8. The molecule has 0 saturated carbocycles. The fourth-order valence-electron chi connectivity index (χ4n) is 7.30. The first kappa shape index (κ1) is 33.8. The molecule has 12 heteroatoms. The van der Waals surface area contributed by atoms with Crippen LogP contribution in [0.1, 0.15) is 25.0 Å². The van der Waals surface area contributed by atoms with Crippen LogP contribution < -0.4 is 19.9 Å². The number of aliphatic hydroxyl groups is 1. The van der Waals surface area contributed by atoms with Gasteiger partial charge in [-0.25, -0.2) is 9.67 Å². The molecule has 0 bridgehead atoms. The monoisotopic (exact) mass is 696 g/mol. The lowest BCUT2D eigenvalue weighted by atomic mass is 9.81. The summed E-state index contributed by atoms with van der Waals surface area (Å²) in [5, 5.41) is 16.5. The van der Waals surface area contributed by atoms with Gasteiger partial charge in [-0.1, -0.05) is 48.0 Å². The number of fused-ring (bicyclic) bond motifs is 1. The van der Waals surface area contributed by atoms with Crippen molar-refractivity contribution in [1.29, 1.82) is 0 Å². The molecule has 260 valence electrons. The van der Waals surface area contributed by atoms with Crippen molar-refractivity contribution in [3.05, 3.63) is 83.0 Å². The molecule has 0 aliphatic carbocycles. The van der Waals surface area contributed by atoms with E-state index in [4.69, 9.17) is 41.6 Å². The highest BCUT2D eigenvalue weighted by Gasteiger charge is 2.43. The summed E-state index contributed by atoms with van der Waals surface area (Å²) < 4.78 is 19.2. The second-order valence-corrected chi connectivity index (χ2v) is 14.2. The summed E-state index contributed by atoms with van der Waals surface area (Å²) in [7, 11) is 4.90. The Morgan fingerprint density at radius 1 is 0.880 bits per heavy atom. The zero-order valence-electron chi connectivity index (χ0n) is 28.9. The van der Waals surface area contributed by atoms with E-state index in [1.165, 1.54) is 0 Å². The number of halogens is 1. The van der Waals surface area contributed by atoms with Crippen LogP contribution in [0.5, 0.6) is 17.4 Å². The number of primary amides is 1. The Labute approximate surface area is 296 Å². The summed E-state index contributed by atoms with van der Waals surface area (Å²) in [5.74, 6) is 1.60. The van der Waals surface area contributed by atoms with Gasteiger partial charge in [0, 0.05) is 73.5 Å². The van der Waals surface area contributed by atoms with Crippen LogP contribution >= 0.6 is 11.6 Å². The third kappa shape index (κ3) is 6.04. The molecule has 4 heterocycles. The second kappa shape index (κ2) is 12.9. The molecule has 7 rings (SSSR count). The average Bonchev–Trinajstić information content (AvgIpc) is 3.51. The van der Waals surface area contributed by atoms with Crippen LogP contribution in [-0.4, -0.2) is 88.7 Å². The van der Waals surface area contributed by atoms with Gasteiger partial charge in [-0.05, 0) is 31.5 Å². The zero-order chi connectivity index (χ0) is 35.4. The highest BCUT2D eigenvalue weighted by molar-refractivity contribution is 6.36. The van der Waals surface area contributed by atoms with E-state index >= 15 is 0 Å². The third-order valence-electron chi connectivity index (χ3n) is 9.79. The van der Waals surface area contributed by atoms with Crippen LogP contribution in [0.3, 0.4) is 0 Å². The number of likely N-dealkylation sites (tertiary alicyclic amines) is 2. The van der Waals surface area contributed by atoms with E-state index in [0.717, 1.165) is 44.4 Å². The molecular formula is C38H41ClN6O5. The van der Waals surface area contributed by atoms with E-state index in [0.29, 0.717) is 67.4 Å². The van der Waals surface area contributed by atoms with Crippen LogP contribution in [0.4, 0.5) is 0 Å². The quantitative estimate of drug-likeness (QED) is 0.189. The predicted molar refractivity (Wildman–Crippen MR) is 193 cm³/mol. The number of hydrogen-bond acceptors (Lipinski definition) is 9. The second-order valence-electron chi connectivity index (χ2n) is 13.9. The molecule has 2 fully saturated rings. The topological polar surface area (TPSA) is 128 Å². The molecule has 50 heavy (non-hydrogen) atoms. The van der Waals surface area contributed by atoms with Crippen LogP contribution in [0.25, 0.3) is 39.0 Å². The van der Waals surface area contributed by atoms with Crippen molar-refractivity contribution in [2.24, 2.45) is 11.1 Å². The molecule has 0 unspecified atom stereocenters. The number of rotatable bonds is 11. The number of β-amino-alcohol motifs (C(OH)–C–C–N with tert-alkyl or cyclic N) is 1. The van der Waals surface area contributed by atoms with Gasteiger partial charge in [0.25, 0.3) is 0 Å². The van der Waals surface area contributed by atoms with E-state index in [-0.39, 0.29) is 5.91 Å². The van der Waals surface area contributed by atoms with Crippen LogP contribution in [-0.2, 0) is 17.9 Å². The van der Waals surface area contributed by atoms with Crippen LogP contribution in [0.15, 0.2) is 66.9 Å². The van der Waals surface area contributed by atoms with E-state index in [1.54, 1.807) is 21.3 Å². The number of amides is 1. The standard InChI is InChI=1S/C38H41ClN6O5/c1-37(36(40)46)19-43(20-37)17-23-12-13-30(42-35(23)50-5)27-10-6-9-26(34(27)39)25-8-7-11-31-28(25)16-41-45(31)24-14-32(48-3)29(33(15-24)49-4)18-44-21-38(2,47)22-44/h6-16,47H,17-22H2,1-5H3,(H2,40,46). The predicted octanol–water partition coefficient (Wildman–Crippen LogP) is 5.31. The average molecular weight is 697 g/mol. The number of methoxy groups -OCH3 is 3. The summed E-state index contributed by atoms with van der Waals surface area (Å²) in [5.41, 5.74) is 11.2. The molecule has 11 nitrogen and oxygen atoms in total. The van der Waals surface area contributed by atoms with Gasteiger partial charge in [0.2, 0.25) is 11.8 Å². The molecule has 3 N–H and O–H groups in total. The van der Waals surface area contributed by atoms with Crippen molar-refractivity contribution < 1.29 is 24.1 Å². The number of benzene rings is 3. The first-order valence-corrected chi connectivity index (χ1v) is 16.8. The highest BCUT2D eigenvalue weighted by Crippen LogP contribution is 2.41. The minimum absolute atomic E-state index is 0.281. The number of pyridine rings is 1. The molecular weight excluding hydrogens is 656 g/mol. The lowest BCUT2D eigenvalue weighted by Gasteiger charge is -2.45. The molecule has 2 aliphatic rings. The van der Waals surface area contributed by atoms with Gasteiger partial charge in [-0.2, -0.15) is 5.10 Å². The maximum absolute atomic E-state index is 11.8. The van der Waals surface area contributed by atoms with E-state index in [2.05, 4.69) is 9.80 Å². The van der Waals surface area contributed by atoms with Crippen molar-refractivity contribution in [2.75, 3.05) is 47.5 Å². The first-order chi connectivity index (χ1) is 23.9. The Morgan fingerprint density at radius 2 is 1.52 bits per heavy atom. The minimum atomic E-state index is -0.672. The normalized spacial score (nSPS) is 16.9. The third-order valence-corrected chi connectivity index (χ3v) is 10.2. The molecule has 1 amide bonds. The Kier molecular flexibility index (Phi) is 8.72. The Balaban J connectivity index is 1.19. The van der Waals surface area contributed by atoms with Crippen molar-refractivity contribution in [1.82, 2.24) is 24.6 Å². The van der Waals surface area contributed by atoms with Crippen molar-refractivity contribution in [3.8, 4) is 45.5 Å². The summed E-state index contributed by atoms with van der Waals surface area (Å²) >= 11 is 7.17. The molecule has 3 aromatic carbocycles. The van der Waals surface area contributed by atoms with Gasteiger partial charge in [0.1, 0.15) is 11.5 Å². The molecule has 2 saturated heterocycles. The maximum Gasteiger partial charge on any atom is 0.225 e. The molecule has 0 atom stereocenters. The number of nitrogens with two attached hydrogens (primary N) is 1. The lowest BCUT2D eigenvalue weighted by molar-refractivity contribution is -0.136. The smallest absolute Gasteiger partial charge is 0.225 e. The summed E-state index contributed by atoms with van der Waals surface area (Å²) in [6.07, 6.45) is 1.84. The Hall–Kier alpha value is -4.68. The van der Waals surface area contributed by atoms with Crippen molar-refractivity contribution in [3.63, 3.8) is 0 Å². The number of carbonyl (C=O) groups excluding carboxylic acids is 1. The van der Waals surface area contributed by atoms with Gasteiger partial charge in [-0.3, -0.25) is 14.6 Å². The van der Waals surface area contributed by atoms with Gasteiger partial charge >= 0.3 is 0 Å². The van der Waals surface area contributed by atoms with E-state index < -0.39 is 11.0 Å². The number of nitrogens with zero attached hydrogens (tertiary/aromatic N) is 5. The molecule has 0 radical (unpaired) electrons. The first-order valence-electron chi connectivity index (χ1n) is 16.5. The number of ether oxygens (including phenoxy) is 3. The van der Waals surface area contributed by atoms with Crippen molar-refractivity contribution in [2.45, 2.75) is 32.5 Å². The molecule has 0 spiro atoms. The van der Waals surface area contributed by atoms with Crippen molar-refractivity contribution >= 4 is 28.4 Å². The van der Waals surface area contributed by atoms with Gasteiger partial charge in [0.15, 0.2) is 0 Å². The summed E-state index contributed by atoms with van der Waals surface area (Å²) in [6.45, 7) is 7.29. The lowest BCUT2D eigenvalue weighted by Crippen LogP contribution is -2.60. The zero-order valence-corrected chi connectivity index (χ0v) is 29.6. The summed E-state index contributed by atoms with van der Waals surface area (Å²) in [4.78, 5) is 20.9. The van der Waals surface area contributed by atoms with E-state index in [1.807, 2.05) is 85.4 Å². The van der Waals surface area contributed by atoms with Gasteiger partial charge in [-0.15, -0.1) is 0 Å². The molecule has 2 aromatic heterocycles. The fourth-order valence-corrected chi connectivity index (χ4v) is 7.62. The molecule has 2 aliphatic heterocycles. The number of aromatic nitrogens is 3. The Bertz CT molecular complexity index is 2070. The summed E-state index contributed by atoms with van der Waals surface area (Å²) in [6, 6.07) is 19.8. The Morgan fingerprint density at radius 3 is 2.16 bits per heavy atom. The van der Waals surface area contributed by atoms with Crippen LogP contribution in [0.2, 0.25) is 5.02 Å². The number of hydrogen-bond donors (Lipinski definition) is 2. The van der Waals surface area contributed by atoms with E-state index in [9.17, 15) is 9.90 Å². The number of carbonyl (C=O) groups is 1. The van der Waals surface area contributed by atoms with Gasteiger partial charge < -0.3 is 25.1 Å². The minimum Gasteiger partial charge on any atom is -0.496 e. The van der Waals surface area contributed by atoms with Gasteiger partial charge in [0.05, 0.1) is 66.0 Å². The SMILES string of the molecule is COc1cc(-n2ncc3c(-c4cccc(-c5ccc(CN6CC(C)(C(N)=O)C6)c(OC)n5)c4Cl)cccc32)cc(OC)c1CN1CC(C)(O)C1. The molecule has 5 aromatic rings. The fraction of sp³-hybridized carbons (Fsp3) is 0.342. The largest absolute Gasteiger partial charge is 0.496 e. The highest BCUT2D eigenvalue weighted by atomic mass is 35.5.